The Labute approximate surface area is 252 Å². The summed E-state index contributed by atoms with van der Waals surface area (Å²) in [6.45, 7) is 13.6. The van der Waals surface area contributed by atoms with Gasteiger partial charge < -0.3 is 10.2 Å². The molecule has 0 aliphatic rings. The molecule has 3 aromatic rings. The van der Waals surface area contributed by atoms with Gasteiger partial charge in [0.05, 0.1) is 11.9 Å². The van der Waals surface area contributed by atoms with Gasteiger partial charge in [-0.25, -0.2) is 8.42 Å². The van der Waals surface area contributed by atoms with Crippen molar-refractivity contribution in [3.05, 3.63) is 101 Å². The highest BCUT2D eigenvalue weighted by molar-refractivity contribution is 7.92. The maximum Gasteiger partial charge on any atom is 0.244 e. The number of benzene rings is 3. The zero-order valence-corrected chi connectivity index (χ0v) is 27.0. The summed E-state index contributed by atoms with van der Waals surface area (Å²) in [7, 11) is -3.82. The molecule has 8 heteroatoms. The van der Waals surface area contributed by atoms with Crippen molar-refractivity contribution < 1.29 is 18.0 Å². The number of carbonyl (C=O) groups is 2. The fourth-order valence-electron chi connectivity index (χ4n) is 4.76. The molecule has 0 saturated carbocycles. The first-order valence-electron chi connectivity index (χ1n) is 14.2. The Morgan fingerprint density at radius 3 is 1.95 bits per heavy atom. The smallest absolute Gasteiger partial charge is 0.244 e. The molecule has 0 spiro atoms. The number of amides is 2. The largest absolute Gasteiger partial charge is 0.350 e. The standard InChI is InChI=1S/C34H45N3O4S/c1-25-13-12-16-27(21-25)23-36(30(32(39)35-34(5,6)7)22-26-14-10-9-11-15-26)31(38)24-37(42(8,40)41)29-19-17-28(18-20-29)33(2,3)4/h9-21,30H,22-24H2,1-8H3,(H,35,39)/t30-/m1/s1. The van der Waals surface area contributed by atoms with E-state index in [0.717, 1.165) is 32.8 Å². The molecule has 0 saturated heterocycles. The van der Waals surface area contributed by atoms with Crippen molar-refractivity contribution in [1.82, 2.24) is 10.2 Å². The van der Waals surface area contributed by atoms with Crippen LogP contribution < -0.4 is 9.62 Å². The second-order valence-corrected chi connectivity index (χ2v) is 14.9. The Kier molecular flexibility index (Phi) is 10.3. The third-order valence-corrected chi connectivity index (χ3v) is 8.05. The van der Waals surface area contributed by atoms with Gasteiger partial charge >= 0.3 is 0 Å². The highest BCUT2D eigenvalue weighted by atomic mass is 32.2. The zero-order chi connectivity index (χ0) is 31.3. The number of hydrogen-bond donors (Lipinski definition) is 1. The van der Waals surface area contributed by atoms with Gasteiger partial charge in [0, 0.05) is 18.5 Å². The van der Waals surface area contributed by atoms with Crippen molar-refractivity contribution in [3.63, 3.8) is 0 Å². The predicted molar refractivity (Wildman–Crippen MR) is 171 cm³/mol. The first kappa shape index (κ1) is 32.9. The summed E-state index contributed by atoms with van der Waals surface area (Å²) < 4.78 is 27.2. The molecule has 0 unspecified atom stereocenters. The van der Waals surface area contributed by atoms with Crippen molar-refractivity contribution in [3.8, 4) is 0 Å². The van der Waals surface area contributed by atoms with Gasteiger partial charge in [0.25, 0.3) is 0 Å². The molecule has 2 amide bonds. The minimum Gasteiger partial charge on any atom is -0.350 e. The summed E-state index contributed by atoms with van der Waals surface area (Å²) in [6.07, 6.45) is 1.37. The van der Waals surface area contributed by atoms with E-state index >= 15 is 0 Å². The number of anilines is 1. The minimum atomic E-state index is -3.82. The molecule has 0 aliphatic carbocycles. The van der Waals surface area contributed by atoms with Crippen LogP contribution >= 0.6 is 0 Å². The Balaban J connectivity index is 2.07. The van der Waals surface area contributed by atoms with E-state index in [2.05, 4.69) is 26.1 Å². The summed E-state index contributed by atoms with van der Waals surface area (Å²) in [5, 5.41) is 3.04. The molecule has 226 valence electrons. The average molecular weight is 592 g/mol. The van der Waals surface area contributed by atoms with Crippen molar-refractivity contribution in [1.29, 1.82) is 0 Å². The Morgan fingerprint density at radius 1 is 0.833 bits per heavy atom. The lowest BCUT2D eigenvalue weighted by Gasteiger charge is -2.35. The lowest BCUT2D eigenvalue weighted by atomic mass is 9.87. The van der Waals surface area contributed by atoms with Gasteiger partial charge in [-0.15, -0.1) is 0 Å². The Bertz CT molecular complexity index is 1470. The highest BCUT2D eigenvalue weighted by Crippen LogP contribution is 2.26. The van der Waals surface area contributed by atoms with E-state index in [9.17, 15) is 18.0 Å². The van der Waals surface area contributed by atoms with Crippen LogP contribution in [-0.2, 0) is 38.0 Å². The van der Waals surface area contributed by atoms with E-state index in [4.69, 9.17) is 0 Å². The molecule has 0 radical (unpaired) electrons. The number of rotatable bonds is 10. The summed E-state index contributed by atoms with van der Waals surface area (Å²) in [6, 6.07) is 23.7. The maximum atomic E-state index is 14.2. The first-order chi connectivity index (χ1) is 19.4. The van der Waals surface area contributed by atoms with E-state index in [0.29, 0.717) is 5.69 Å². The van der Waals surface area contributed by atoms with Crippen molar-refractivity contribution in [2.24, 2.45) is 0 Å². The summed E-state index contributed by atoms with van der Waals surface area (Å²) in [4.78, 5) is 29.6. The monoisotopic (exact) mass is 591 g/mol. The molecule has 42 heavy (non-hydrogen) atoms. The molecule has 0 aliphatic heterocycles. The number of nitrogens with one attached hydrogen (secondary N) is 1. The van der Waals surface area contributed by atoms with E-state index in [1.807, 2.05) is 94.4 Å². The summed E-state index contributed by atoms with van der Waals surface area (Å²) in [5.74, 6) is -0.764. The molecule has 3 aromatic carbocycles. The van der Waals surface area contributed by atoms with Crippen LogP contribution in [0.15, 0.2) is 78.9 Å². The summed E-state index contributed by atoms with van der Waals surface area (Å²) >= 11 is 0. The molecule has 0 bridgehead atoms. The van der Waals surface area contributed by atoms with Crippen LogP contribution in [0.25, 0.3) is 0 Å². The summed E-state index contributed by atoms with van der Waals surface area (Å²) in [5.41, 5.74) is 3.58. The average Bonchev–Trinajstić information content (AvgIpc) is 2.87. The van der Waals surface area contributed by atoms with Crippen LogP contribution in [0.1, 0.15) is 63.8 Å². The Hall–Kier alpha value is -3.65. The van der Waals surface area contributed by atoms with Crippen molar-refractivity contribution in [2.45, 2.75) is 78.4 Å². The fourth-order valence-corrected chi connectivity index (χ4v) is 5.61. The van der Waals surface area contributed by atoms with Gasteiger partial charge in [0.2, 0.25) is 21.8 Å². The van der Waals surface area contributed by atoms with Gasteiger partial charge in [-0.2, -0.15) is 0 Å². The van der Waals surface area contributed by atoms with E-state index in [-0.39, 0.29) is 24.3 Å². The topological polar surface area (TPSA) is 86.8 Å². The van der Waals surface area contributed by atoms with E-state index < -0.39 is 34.1 Å². The van der Waals surface area contributed by atoms with Crippen molar-refractivity contribution in [2.75, 3.05) is 17.1 Å². The molecular formula is C34H45N3O4S. The Morgan fingerprint density at radius 2 is 1.43 bits per heavy atom. The first-order valence-corrected chi connectivity index (χ1v) is 16.1. The normalized spacial score (nSPS) is 12.9. The molecule has 0 fully saturated rings. The van der Waals surface area contributed by atoms with Crippen LogP contribution in [0.4, 0.5) is 5.69 Å². The van der Waals surface area contributed by atoms with E-state index in [1.165, 1.54) is 4.90 Å². The minimum absolute atomic E-state index is 0.111. The van der Waals surface area contributed by atoms with Gasteiger partial charge in [-0.3, -0.25) is 13.9 Å². The molecular weight excluding hydrogens is 546 g/mol. The van der Waals surface area contributed by atoms with E-state index in [1.54, 1.807) is 12.1 Å². The maximum absolute atomic E-state index is 14.2. The molecule has 1 N–H and O–H groups in total. The lowest BCUT2D eigenvalue weighted by molar-refractivity contribution is -0.140. The lowest BCUT2D eigenvalue weighted by Crippen LogP contribution is -2.56. The molecule has 0 heterocycles. The number of nitrogens with zero attached hydrogens (tertiary/aromatic N) is 2. The number of sulfonamides is 1. The van der Waals surface area contributed by atoms with Crippen LogP contribution in [-0.4, -0.2) is 49.5 Å². The molecule has 1 atom stereocenters. The molecule has 0 aromatic heterocycles. The fraction of sp³-hybridized carbons (Fsp3) is 0.412. The highest BCUT2D eigenvalue weighted by Gasteiger charge is 2.34. The number of aryl methyl sites for hydroxylation is 1. The van der Waals surface area contributed by atoms with Crippen LogP contribution in [0.2, 0.25) is 0 Å². The van der Waals surface area contributed by atoms with Gasteiger partial charge in [0.15, 0.2) is 0 Å². The third kappa shape index (κ3) is 9.44. The molecule has 3 rings (SSSR count). The number of carbonyl (C=O) groups excluding carboxylic acids is 2. The van der Waals surface area contributed by atoms with Gasteiger partial charge in [-0.05, 0) is 61.9 Å². The van der Waals surface area contributed by atoms with Gasteiger partial charge in [-0.1, -0.05) is 93.1 Å². The van der Waals surface area contributed by atoms with Crippen LogP contribution in [0.5, 0.6) is 0 Å². The SMILES string of the molecule is Cc1cccc(CN(C(=O)CN(c2ccc(C(C)(C)C)cc2)S(C)(=O)=O)[C@H](Cc2ccccc2)C(=O)NC(C)(C)C)c1. The molecule has 7 nitrogen and oxygen atoms in total. The van der Waals surface area contributed by atoms with Crippen LogP contribution in [0, 0.1) is 6.92 Å². The van der Waals surface area contributed by atoms with Crippen molar-refractivity contribution >= 4 is 27.5 Å². The predicted octanol–water partition coefficient (Wildman–Crippen LogP) is 5.61. The number of hydrogen-bond acceptors (Lipinski definition) is 4. The second kappa shape index (κ2) is 13.1. The van der Waals surface area contributed by atoms with Crippen LogP contribution in [0.3, 0.4) is 0 Å². The van der Waals surface area contributed by atoms with Gasteiger partial charge in [0.1, 0.15) is 12.6 Å². The quantitative estimate of drug-likeness (QED) is 0.332. The zero-order valence-electron chi connectivity index (χ0n) is 26.1. The second-order valence-electron chi connectivity index (χ2n) is 13.0. The third-order valence-electron chi connectivity index (χ3n) is 6.91.